The fourth-order valence-electron chi connectivity index (χ4n) is 1.61. The minimum Gasteiger partial charge on any atom is -0.350 e. The molecule has 16 heavy (non-hydrogen) atoms. The lowest BCUT2D eigenvalue weighted by Crippen LogP contribution is -2.31. The summed E-state index contributed by atoms with van der Waals surface area (Å²) in [5.74, 6) is 0.387. The van der Waals surface area contributed by atoms with Gasteiger partial charge in [-0.15, -0.1) is 0 Å². The molecule has 5 heteroatoms. The molecule has 1 amide bonds. The molecule has 0 bridgehead atoms. The highest BCUT2D eigenvalue weighted by molar-refractivity contribution is 5.92. The van der Waals surface area contributed by atoms with Gasteiger partial charge in [-0.1, -0.05) is 13.3 Å². The Hall–Kier alpha value is -1.36. The molecule has 1 unspecified atom stereocenters. The molecule has 0 aliphatic rings. The molecule has 1 aromatic heterocycles. The van der Waals surface area contributed by atoms with Crippen molar-refractivity contribution in [1.82, 2.24) is 15.1 Å². The summed E-state index contributed by atoms with van der Waals surface area (Å²) in [5, 5.41) is 6.86. The maximum atomic E-state index is 11.7. The van der Waals surface area contributed by atoms with Crippen molar-refractivity contribution < 1.29 is 4.79 Å². The normalized spacial score (nSPS) is 12.4. The predicted octanol–water partition coefficient (Wildman–Crippen LogP) is 0.525. The van der Waals surface area contributed by atoms with Crippen molar-refractivity contribution >= 4 is 5.91 Å². The van der Waals surface area contributed by atoms with Crippen LogP contribution in [0.5, 0.6) is 0 Å². The van der Waals surface area contributed by atoms with Gasteiger partial charge in [-0.25, -0.2) is 0 Å². The number of amides is 1. The van der Waals surface area contributed by atoms with E-state index in [1.165, 1.54) is 0 Å². The number of hydrogen-bond acceptors (Lipinski definition) is 3. The van der Waals surface area contributed by atoms with Gasteiger partial charge in [-0.05, 0) is 24.9 Å². The molecule has 5 nitrogen and oxygen atoms in total. The van der Waals surface area contributed by atoms with Crippen LogP contribution < -0.4 is 11.1 Å². The van der Waals surface area contributed by atoms with Crippen molar-refractivity contribution in [3.8, 4) is 0 Å². The number of nitrogens with two attached hydrogens (primary N) is 1. The van der Waals surface area contributed by atoms with E-state index in [4.69, 9.17) is 5.73 Å². The quantitative estimate of drug-likeness (QED) is 0.740. The third-order valence-corrected chi connectivity index (χ3v) is 2.76. The minimum absolute atomic E-state index is 0.0736. The molecule has 0 fully saturated rings. The Morgan fingerprint density at radius 2 is 2.44 bits per heavy atom. The first-order chi connectivity index (χ1) is 7.69. The van der Waals surface area contributed by atoms with Gasteiger partial charge in [0.25, 0.3) is 5.91 Å². The highest BCUT2D eigenvalue weighted by Gasteiger charge is 2.11. The molecule has 0 aliphatic heterocycles. The first kappa shape index (κ1) is 12.7. The topological polar surface area (TPSA) is 72.9 Å². The maximum absolute atomic E-state index is 11.7. The van der Waals surface area contributed by atoms with Gasteiger partial charge in [0.05, 0.1) is 0 Å². The van der Waals surface area contributed by atoms with E-state index in [1.54, 1.807) is 24.0 Å². The molecule has 1 heterocycles. The summed E-state index contributed by atoms with van der Waals surface area (Å²) >= 11 is 0. The summed E-state index contributed by atoms with van der Waals surface area (Å²) in [4.78, 5) is 11.7. The molecule has 0 saturated carbocycles. The lowest BCUT2D eigenvalue weighted by molar-refractivity contribution is 0.0936. The number of carbonyl (C=O) groups is 1. The van der Waals surface area contributed by atoms with E-state index in [0.29, 0.717) is 24.7 Å². The Bertz CT molecular complexity index is 334. The van der Waals surface area contributed by atoms with Crippen molar-refractivity contribution in [1.29, 1.82) is 0 Å². The van der Waals surface area contributed by atoms with Crippen LogP contribution in [-0.4, -0.2) is 28.8 Å². The third-order valence-electron chi connectivity index (χ3n) is 2.76. The van der Waals surface area contributed by atoms with Crippen molar-refractivity contribution in [2.24, 2.45) is 18.7 Å². The van der Waals surface area contributed by atoms with Crippen molar-refractivity contribution in [3.05, 3.63) is 18.0 Å². The lowest BCUT2D eigenvalue weighted by atomic mass is 10.0. The summed E-state index contributed by atoms with van der Waals surface area (Å²) in [5.41, 5.74) is 6.09. The van der Waals surface area contributed by atoms with E-state index in [9.17, 15) is 4.79 Å². The molecule has 1 aromatic rings. The SMILES string of the molecule is CCC(CCN)CNC(=O)c1ccnn1C. The second-order valence-corrected chi connectivity index (χ2v) is 3.90. The zero-order valence-electron chi connectivity index (χ0n) is 9.94. The Balaban J connectivity index is 2.43. The lowest BCUT2D eigenvalue weighted by Gasteiger charge is -2.14. The first-order valence-electron chi connectivity index (χ1n) is 5.65. The summed E-state index contributed by atoms with van der Waals surface area (Å²) in [6, 6.07) is 1.71. The second kappa shape index (κ2) is 6.27. The number of hydrogen-bond donors (Lipinski definition) is 2. The fraction of sp³-hybridized carbons (Fsp3) is 0.636. The molecule has 3 N–H and O–H groups in total. The first-order valence-corrected chi connectivity index (χ1v) is 5.65. The standard InChI is InChI=1S/C11H20N4O/c1-3-9(4-6-12)8-13-11(16)10-5-7-14-15(10)2/h5,7,9H,3-4,6,8,12H2,1-2H3,(H,13,16). The summed E-state index contributed by atoms with van der Waals surface area (Å²) < 4.78 is 1.57. The van der Waals surface area contributed by atoms with Crippen LogP contribution in [0.1, 0.15) is 30.3 Å². The van der Waals surface area contributed by atoms with Crippen LogP contribution in [0.25, 0.3) is 0 Å². The highest BCUT2D eigenvalue weighted by atomic mass is 16.2. The molecule has 0 aromatic carbocycles. The Kier molecular flexibility index (Phi) is 4.98. The molecule has 0 spiro atoms. The van der Waals surface area contributed by atoms with Crippen LogP contribution in [0.15, 0.2) is 12.3 Å². The Morgan fingerprint density at radius 3 is 2.94 bits per heavy atom. The van der Waals surface area contributed by atoms with Gasteiger partial charge in [-0.2, -0.15) is 5.10 Å². The summed E-state index contributed by atoms with van der Waals surface area (Å²) in [6.45, 7) is 3.45. The molecular formula is C11H20N4O. The van der Waals surface area contributed by atoms with Gasteiger partial charge in [0.15, 0.2) is 0 Å². The smallest absolute Gasteiger partial charge is 0.269 e. The van der Waals surface area contributed by atoms with Gasteiger partial charge in [0, 0.05) is 19.8 Å². The fourth-order valence-corrected chi connectivity index (χ4v) is 1.61. The van der Waals surface area contributed by atoms with Gasteiger partial charge >= 0.3 is 0 Å². The largest absolute Gasteiger partial charge is 0.350 e. The predicted molar refractivity (Wildman–Crippen MR) is 63.0 cm³/mol. The zero-order chi connectivity index (χ0) is 12.0. The van der Waals surface area contributed by atoms with E-state index in [1.807, 2.05) is 0 Å². The Labute approximate surface area is 96.0 Å². The molecule has 1 rings (SSSR count). The maximum Gasteiger partial charge on any atom is 0.269 e. The van der Waals surface area contributed by atoms with E-state index >= 15 is 0 Å². The third kappa shape index (κ3) is 3.34. The van der Waals surface area contributed by atoms with E-state index in [-0.39, 0.29) is 5.91 Å². The van der Waals surface area contributed by atoms with Crippen LogP contribution in [-0.2, 0) is 7.05 Å². The van der Waals surface area contributed by atoms with E-state index in [2.05, 4.69) is 17.3 Å². The molecule has 0 radical (unpaired) electrons. The molecule has 1 atom stereocenters. The Morgan fingerprint density at radius 1 is 1.69 bits per heavy atom. The van der Waals surface area contributed by atoms with Gasteiger partial charge < -0.3 is 11.1 Å². The highest BCUT2D eigenvalue weighted by Crippen LogP contribution is 2.05. The van der Waals surface area contributed by atoms with Crippen LogP contribution in [0, 0.1) is 5.92 Å². The number of nitrogens with zero attached hydrogens (tertiary/aromatic N) is 2. The number of aryl methyl sites for hydroxylation is 1. The number of aromatic nitrogens is 2. The van der Waals surface area contributed by atoms with Crippen LogP contribution in [0.2, 0.25) is 0 Å². The van der Waals surface area contributed by atoms with Crippen LogP contribution >= 0.6 is 0 Å². The number of nitrogens with one attached hydrogen (secondary N) is 1. The molecule has 90 valence electrons. The van der Waals surface area contributed by atoms with Gasteiger partial charge in [0.1, 0.15) is 5.69 Å². The van der Waals surface area contributed by atoms with Gasteiger partial charge in [0.2, 0.25) is 0 Å². The number of rotatable bonds is 6. The van der Waals surface area contributed by atoms with Crippen LogP contribution in [0.4, 0.5) is 0 Å². The summed E-state index contributed by atoms with van der Waals surface area (Å²) in [7, 11) is 1.76. The van der Waals surface area contributed by atoms with Crippen molar-refractivity contribution in [2.75, 3.05) is 13.1 Å². The molecule has 0 aliphatic carbocycles. The monoisotopic (exact) mass is 224 g/mol. The minimum atomic E-state index is -0.0736. The second-order valence-electron chi connectivity index (χ2n) is 3.90. The number of carbonyl (C=O) groups excluding carboxylic acids is 1. The average Bonchev–Trinajstić information content (AvgIpc) is 2.70. The van der Waals surface area contributed by atoms with E-state index in [0.717, 1.165) is 12.8 Å². The average molecular weight is 224 g/mol. The molecule has 0 saturated heterocycles. The van der Waals surface area contributed by atoms with Gasteiger partial charge in [-0.3, -0.25) is 9.48 Å². The van der Waals surface area contributed by atoms with E-state index < -0.39 is 0 Å². The van der Waals surface area contributed by atoms with Crippen molar-refractivity contribution in [3.63, 3.8) is 0 Å². The van der Waals surface area contributed by atoms with Crippen LogP contribution in [0.3, 0.4) is 0 Å². The molecular weight excluding hydrogens is 204 g/mol. The van der Waals surface area contributed by atoms with Crippen molar-refractivity contribution in [2.45, 2.75) is 19.8 Å². The zero-order valence-corrected chi connectivity index (χ0v) is 9.94. The summed E-state index contributed by atoms with van der Waals surface area (Å²) in [6.07, 6.45) is 3.59.